The van der Waals surface area contributed by atoms with E-state index >= 15 is 0 Å². The Hall–Kier alpha value is -1.56. The summed E-state index contributed by atoms with van der Waals surface area (Å²) in [5, 5.41) is 8.71. The fourth-order valence-electron chi connectivity index (χ4n) is 1.40. The van der Waals surface area contributed by atoms with Crippen LogP contribution in [0.5, 0.6) is 5.75 Å². The molecule has 0 radical (unpaired) electrons. The van der Waals surface area contributed by atoms with E-state index in [1.807, 2.05) is 0 Å². The summed E-state index contributed by atoms with van der Waals surface area (Å²) in [5.74, 6) is -1.68. The molecule has 1 aromatic rings. The number of fused-ring (bicyclic) bond motifs is 1. The van der Waals surface area contributed by atoms with Gasteiger partial charge < -0.3 is 9.84 Å². The van der Waals surface area contributed by atoms with Gasteiger partial charge in [-0.2, -0.15) is 0 Å². The predicted octanol–water partition coefficient (Wildman–Crippen LogP) is 0.306. The number of carboxylic acid groups (broad SMARTS) is 1. The quantitative estimate of drug-likeness (QED) is 0.748. The zero-order valence-electron chi connectivity index (χ0n) is 7.58. The average molecular weight is 228 g/mol. The van der Waals surface area contributed by atoms with Crippen LogP contribution in [-0.4, -0.2) is 31.4 Å². The first-order valence-electron chi connectivity index (χ1n) is 4.22. The van der Waals surface area contributed by atoms with Gasteiger partial charge in [0.15, 0.2) is 9.84 Å². The number of aliphatic carboxylic acids is 1. The van der Waals surface area contributed by atoms with Crippen LogP contribution in [0.15, 0.2) is 29.2 Å². The largest absolute Gasteiger partial charge is 0.478 e. The molecule has 0 unspecified atom stereocenters. The molecule has 1 aromatic carbocycles. The van der Waals surface area contributed by atoms with Crippen molar-refractivity contribution in [1.29, 1.82) is 0 Å². The minimum absolute atomic E-state index is 0.0579. The van der Waals surface area contributed by atoms with Crippen molar-refractivity contribution in [2.24, 2.45) is 0 Å². The first-order valence-corrected chi connectivity index (χ1v) is 5.87. The highest BCUT2D eigenvalue weighted by Gasteiger charge is 2.35. The van der Waals surface area contributed by atoms with E-state index in [4.69, 9.17) is 9.84 Å². The van der Waals surface area contributed by atoms with Gasteiger partial charge in [-0.25, -0.2) is 13.2 Å². The van der Waals surface area contributed by atoms with Crippen LogP contribution >= 0.6 is 0 Å². The van der Waals surface area contributed by atoms with Crippen molar-refractivity contribution in [3.05, 3.63) is 24.3 Å². The fraction of sp³-hybridized carbons (Fsp3) is 0.222. The Morgan fingerprint density at radius 2 is 2.07 bits per heavy atom. The molecule has 0 aromatic heterocycles. The summed E-state index contributed by atoms with van der Waals surface area (Å²) in [5.41, 5.74) is 0. The average Bonchev–Trinajstić information content (AvgIpc) is 2.16. The van der Waals surface area contributed by atoms with E-state index in [1.165, 1.54) is 12.1 Å². The van der Waals surface area contributed by atoms with E-state index in [9.17, 15) is 13.2 Å². The van der Waals surface area contributed by atoms with Crippen molar-refractivity contribution < 1.29 is 23.1 Å². The molecule has 1 atom stereocenters. The Morgan fingerprint density at radius 1 is 1.40 bits per heavy atom. The Morgan fingerprint density at radius 3 is 2.73 bits per heavy atom. The highest BCUT2D eigenvalue weighted by molar-refractivity contribution is 7.91. The van der Waals surface area contributed by atoms with Gasteiger partial charge in [0, 0.05) is 0 Å². The topological polar surface area (TPSA) is 80.7 Å². The lowest BCUT2D eigenvalue weighted by Gasteiger charge is -2.22. The number of hydrogen-bond acceptors (Lipinski definition) is 4. The molecule has 80 valence electrons. The van der Waals surface area contributed by atoms with Crippen LogP contribution in [0.3, 0.4) is 0 Å². The fourth-order valence-corrected chi connectivity index (χ4v) is 2.90. The van der Waals surface area contributed by atoms with Gasteiger partial charge in [0.1, 0.15) is 16.4 Å². The smallest absolute Gasteiger partial charge is 0.346 e. The molecule has 1 aliphatic rings. The van der Waals surface area contributed by atoms with Gasteiger partial charge in [-0.15, -0.1) is 0 Å². The molecule has 1 heterocycles. The molecule has 0 spiro atoms. The monoisotopic (exact) mass is 228 g/mol. The first-order chi connectivity index (χ1) is 7.00. The minimum atomic E-state index is -3.54. The number of rotatable bonds is 1. The van der Waals surface area contributed by atoms with E-state index in [-0.39, 0.29) is 10.6 Å². The summed E-state index contributed by atoms with van der Waals surface area (Å²) in [6, 6.07) is 6.02. The van der Waals surface area contributed by atoms with Crippen LogP contribution in [0.2, 0.25) is 0 Å². The lowest BCUT2D eigenvalue weighted by atomic mass is 10.3. The number of sulfone groups is 1. The first kappa shape index (κ1) is 9.97. The van der Waals surface area contributed by atoms with Crippen molar-refractivity contribution in [2.45, 2.75) is 11.0 Å². The van der Waals surface area contributed by atoms with Crippen LogP contribution in [0, 0.1) is 0 Å². The molecule has 5 nitrogen and oxygen atoms in total. The van der Waals surface area contributed by atoms with Gasteiger partial charge >= 0.3 is 5.97 Å². The highest BCUT2D eigenvalue weighted by atomic mass is 32.2. The number of para-hydroxylation sites is 1. The van der Waals surface area contributed by atoms with E-state index in [1.54, 1.807) is 12.1 Å². The molecule has 1 N–H and O–H groups in total. The maximum Gasteiger partial charge on any atom is 0.346 e. The Kier molecular flexibility index (Phi) is 2.15. The van der Waals surface area contributed by atoms with Crippen LogP contribution in [0.1, 0.15) is 0 Å². The SMILES string of the molecule is O=C(O)[C@H]1CS(=O)(=O)c2ccccc2O1. The van der Waals surface area contributed by atoms with Gasteiger partial charge in [0.05, 0.1) is 0 Å². The van der Waals surface area contributed by atoms with Crippen LogP contribution < -0.4 is 4.74 Å². The van der Waals surface area contributed by atoms with Crippen molar-refractivity contribution in [3.8, 4) is 5.75 Å². The van der Waals surface area contributed by atoms with E-state index < -0.39 is 27.7 Å². The molecule has 0 saturated carbocycles. The summed E-state index contributed by atoms with van der Waals surface area (Å²) >= 11 is 0. The zero-order valence-corrected chi connectivity index (χ0v) is 8.40. The normalized spacial score (nSPS) is 22.5. The predicted molar refractivity (Wildman–Crippen MR) is 50.5 cm³/mol. The van der Waals surface area contributed by atoms with Gasteiger partial charge in [-0.1, -0.05) is 12.1 Å². The third-order valence-corrected chi connectivity index (χ3v) is 3.85. The maximum atomic E-state index is 11.6. The molecular formula is C9H8O5S. The van der Waals surface area contributed by atoms with E-state index in [0.29, 0.717) is 0 Å². The molecule has 6 heteroatoms. The van der Waals surface area contributed by atoms with Crippen molar-refractivity contribution in [1.82, 2.24) is 0 Å². The standard InChI is InChI=1S/C9H8O5S/c10-9(11)7-5-15(12,13)8-4-2-1-3-6(8)14-7/h1-4,7H,5H2,(H,10,11)/t7-/m1/s1. The van der Waals surface area contributed by atoms with E-state index in [2.05, 4.69) is 0 Å². The van der Waals surface area contributed by atoms with Crippen LogP contribution in [0.4, 0.5) is 0 Å². The van der Waals surface area contributed by atoms with Gasteiger partial charge in [-0.05, 0) is 12.1 Å². The number of hydrogen-bond donors (Lipinski definition) is 1. The Balaban J connectivity index is 2.53. The van der Waals surface area contributed by atoms with Crippen molar-refractivity contribution in [3.63, 3.8) is 0 Å². The van der Waals surface area contributed by atoms with Gasteiger partial charge in [-0.3, -0.25) is 0 Å². The highest BCUT2D eigenvalue weighted by Crippen LogP contribution is 2.30. The molecule has 0 fully saturated rings. The molecule has 0 amide bonds. The molecule has 15 heavy (non-hydrogen) atoms. The number of ether oxygens (including phenoxy) is 1. The second kappa shape index (κ2) is 3.23. The van der Waals surface area contributed by atoms with Crippen LogP contribution in [0.25, 0.3) is 0 Å². The second-order valence-corrected chi connectivity index (χ2v) is 5.18. The Labute approximate surface area is 86.2 Å². The third-order valence-electron chi connectivity index (χ3n) is 2.10. The molecule has 2 rings (SSSR count). The molecule has 1 aliphatic heterocycles. The molecule has 0 bridgehead atoms. The number of carboxylic acids is 1. The molecule has 0 aliphatic carbocycles. The summed E-state index contributed by atoms with van der Waals surface area (Å²) in [7, 11) is -3.54. The summed E-state index contributed by atoms with van der Waals surface area (Å²) in [4.78, 5) is 10.7. The van der Waals surface area contributed by atoms with Gasteiger partial charge in [0.25, 0.3) is 0 Å². The van der Waals surface area contributed by atoms with Gasteiger partial charge in [0.2, 0.25) is 6.10 Å². The zero-order chi connectivity index (χ0) is 11.1. The minimum Gasteiger partial charge on any atom is -0.478 e. The second-order valence-electron chi connectivity index (χ2n) is 3.17. The van der Waals surface area contributed by atoms with Crippen LogP contribution in [-0.2, 0) is 14.6 Å². The molecule has 0 saturated heterocycles. The Bertz CT molecular complexity index is 505. The van der Waals surface area contributed by atoms with Crippen molar-refractivity contribution in [2.75, 3.05) is 5.75 Å². The van der Waals surface area contributed by atoms with Crippen molar-refractivity contribution >= 4 is 15.8 Å². The number of carbonyl (C=O) groups is 1. The maximum absolute atomic E-state index is 11.6. The third kappa shape index (κ3) is 1.68. The summed E-state index contributed by atoms with van der Waals surface area (Å²) < 4.78 is 28.3. The molecular weight excluding hydrogens is 220 g/mol. The summed E-state index contributed by atoms with van der Waals surface area (Å²) in [6.07, 6.45) is -1.31. The number of benzene rings is 1. The lowest BCUT2D eigenvalue weighted by molar-refractivity contribution is -0.144. The summed E-state index contributed by atoms with van der Waals surface area (Å²) in [6.45, 7) is 0. The lowest BCUT2D eigenvalue weighted by Crippen LogP contribution is -2.38. The van der Waals surface area contributed by atoms with E-state index in [0.717, 1.165) is 0 Å².